The molecule has 10 heteroatoms. The largest absolute Gasteiger partial charge is 0.481 e. The molecule has 0 aliphatic heterocycles. The van der Waals surface area contributed by atoms with Gasteiger partial charge in [-0.3, -0.25) is 9.59 Å². The zero-order valence-electron chi connectivity index (χ0n) is 13.5. The lowest BCUT2D eigenvalue weighted by molar-refractivity contribution is -0.137. The second kappa shape index (κ2) is 8.92. The van der Waals surface area contributed by atoms with Crippen molar-refractivity contribution in [2.75, 3.05) is 5.75 Å². The zero-order chi connectivity index (χ0) is 20.0. The third-order valence-corrected chi connectivity index (χ3v) is 4.26. The van der Waals surface area contributed by atoms with Crippen LogP contribution in [0, 0.1) is 0 Å². The molecule has 0 atom stereocenters. The number of carboxylic acid groups (broad SMARTS) is 1. The van der Waals surface area contributed by atoms with Gasteiger partial charge in [-0.15, -0.1) is 0 Å². The fourth-order valence-electron chi connectivity index (χ4n) is 1.91. The van der Waals surface area contributed by atoms with Gasteiger partial charge in [-0.1, -0.05) is 41.6 Å². The van der Waals surface area contributed by atoms with Crippen molar-refractivity contribution in [1.82, 2.24) is 5.32 Å². The number of hydrogen-bond acceptors (Lipinski definition) is 4. The topological polar surface area (TPSA) is 78.8 Å². The lowest BCUT2D eigenvalue weighted by Crippen LogP contribution is -2.29. The van der Waals surface area contributed by atoms with E-state index < -0.39 is 29.4 Å². The third-order valence-electron chi connectivity index (χ3n) is 3.08. The van der Waals surface area contributed by atoms with Crippen LogP contribution in [0.25, 0.3) is 0 Å². The highest BCUT2D eigenvalue weighted by Gasteiger charge is 2.30. The highest BCUT2D eigenvalue weighted by atomic mass is 35.5. The van der Waals surface area contributed by atoms with Crippen LogP contribution < -0.4 is 5.32 Å². The molecule has 2 N–H and O–H groups in total. The lowest BCUT2D eigenvalue weighted by atomic mass is 10.2. The van der Waals surface area contributed by atoms with Gasteiger partial charge in [0, 0.05) is 0 Å². The Balaban J connectivity index is 2.31. The number of benzene rings is 2. The molecular formula is C17H12ClF3N2O3S. The molecule has 2 aromatic carbocycles. The monoisotopic (exact) mass is 416 g/mol. The first kappa shape index (κ1) is 20.8. The lowest BCUT2D eigenvalue weighted by Gasteiger charge is -2.10. The molecule has 0 fully saturated rings. The number of hydrogen-bond donors (Lipinski definition) is 2. The molecule has 27 heavy (non-hydrogen) atoms. The molecule has 2 aromatic rings. The maximum atomic E-state index is 12.8. The molecule has 0 spiro atoms. The van der Waals surface area contributed by atoms with E-state index in [1.54, 1.807) is 12.1 Å². The number of halogens is 4. The summed E-state index contributed by atoms with van der Waals surface area (Å²) in [5.41, 5.74) is -0.882. The van der Waals surface area contributed by atoms with Gasteiger partial charge in [0.25, 0.3) is 5.91 Å². The predicted molar refractivity (Wildman–Crippen MR) is 97.6 cm³/mol. The molecule has 0 saturated heterocycles. The Hall–Kier alpha value is -2.52. The fraction of sp³-hybridized carbons (Fsp3) is 0.118. The van der Waals surface area contributed by atoms with Crippen molar-refractivity contribution < 1.29 is 27.9 Å². The Labute approximate surface area is 161 Å². The number of aliphatic carboxylic acids is 1. The Morgan fingerprint density at radius 3 is 2.48 bits per heavy atom. The van der Waals surface area contributed by atoms with Crippen LogP contribution in [0.3, 0.4) is 0 Å². The van der Waals surface area contributed by atoms with Crippen molar-refractivity contribution in [3.05, 3.63) is 64.7 Å². The van der Waals surface area contributed by atoms with E-state index in [0.717, 1.165) is 18.2 Å². The average molecular weight is 417 g/mol. The van der Waals surface area contributed by atoms with Gasteiger partial charge < -0.3 is 10.4 Å². The predicted octanol–water partition coefficient (Wildman–Crippen LogP) is 4.59. The summed E-state index contributed by atoms with van der Waals surface area (Å²) in [7, 11) is 0. The van der Waals surface area contributed by atoms with Crippen LogP contribution in [0.15, 0.2) is 53.5 Å². The number of carbonyl (C=O) groups excluding carboxylic acids is 1. The van der Waals surface area contributed by atoms with Gasteiger partial charge in [0.1, 0.15) is 0 Å². The van der Waals surface area contributed by atoms with E-state index in [4.69, 9.17) is 16.7 Å². The molecule has 5 nitrogen and oxygen atoms in total. The molecule has 2 rings (SSSR count). The molecule has 0 aliphatic rings. The van der Waals surface area contributed by atoms with Crippen LogP contribution in [-0.2, 0) is 11.0 Å². The Kier molecular flexibility index (Phi) is 6.86. The van der Waals surface area contributed by atoms with Gasteiger partial charge in [-0.05, 0) is 30.3 Å². The Morgan fingerprint density at radius 1 is 1.15 bits per heavy atom. The van der Waals surface area contributed by atoms with Gasteiger partial charge in [-0.2, -0.15) is 13.2 Å². The molecule has 0 radical (unpaired) electrons. The second-order valence-electron chi connectivity index (χ2n) is 5.08. The SMILES string of the molecule is O=C(O)CSC(=Nc1cccc(C(F)(F)F)c1)NC(=O)c1ccccc1Cl. The number of rotatable bonds is 4. The van der Waals surface area contributed by atoms with E-state index in [0.29, 0.717) is 11.8 Å². The van der Waals surface area contributed by atoms with Crippen molar-refractivity contribution in [3.63, 3.8) is 0 Å². The third kappa shape index (κ3) is 6.30. The van der Waals surface area contributed by atoms with Crippen molar-refractivity contribution in [2.24, 2.45) is 4.99 Å². The first-order valence-corrected chi connectivity index (χ1v) is 8.69. The maximum Gasteiger partial charge on any atom is 0.416 e. The minimum Gasteiger partial charge on any atom is -0.481 e. The van der Waals surface area contributed by atoms with Gasteiger partial charge in [-0.25, -0.2) is 4.99 Å². The molecule has 142 valence electrons. The first-order valence-electron chi connectivity index (χ1n) is 7.33. The van der Waals surface area contributed by atoms with Crippen molar-refractivity contribution >= 4 is 46.1 Å². The standard InChI is InChI=1S/C17H12ClF3N2O3S/c18-13-7-2-1-6-12(13)15(26)23-16(27-9-14(24)25)22-11-5-3-4-10(8-11)17(19,20)21/h1-8H,9H2,(H,24,25)(H,22,23,26). The molecule has 0 unspecified atom stereocenters. The van der Waals surface area contributed by atoms with Gasteiger partial charge in [0.15, 0.2) is 5.17 Å². The van der Waals surface area contributed by atoms with Gasteiger partial charge >= 0.3 is 12.1 Å². The molecule has 0 bridgehead atoms. The van der Waals surface area contributed by atoms with Crippen molar-refractivity contribution in [3.8, 4) is 0 Å². The fourth-order valence-corrected chi connectivity index (χ4v) is 2.72. The Morgan fingerprint density at radius 2 is 1.85 bits per heavy atom. The van der Waals surface area contributed by atoms with E-state index >= 15 is 0 Å². The van der Waals surface area contributed by atoms with Crippen LogP contribution in [0.2, 0.25) is 5.02 Å². The quantitative estimate of drug-likeness (QED) is 0.564. The summed E-state index contributed by atoms with van der Waals surface area (Å²) in [4.78, 5) is 27.1. The molecular weight excluding hydrogens is 405 g/mol. The zero-order valence-corrected chi connectivity index (χ0v) is 15.0. The minimum absolute atomic E-state index is 0.0860. The van der Waals surface area contributed by atoms with E-state index in [1.807, 2.05) is 0 Å². The molecule has 1 amide bonds. The number of alkyl halides is 3. The van der Waals surface area contributed by atoms with E-state index in [9.17, 15) is 22.8 Å². The van der Waals surface area contributed by atoms with Crippen LogP contribution >= 0.6 is 23.4 Å². The second-order valence-corrected chi connectivity index (χ2v) is 6.45. The van der Waals surface area contributed by atoms with Crippen LogP contribution in [0.1, 0.15) is 15.9 Å². The number of amidine groups is 1. The highest BCUT2D eigenvalue weighted by Crippen LogP contribution is 2.31. The summed E-state index contributed by atoms with van der Waals surface area (Å²) in [5.74, 6) is -2.28. The van der Waals surface area contributed by atoms with Crippen LogP contribution in [0.4, 0.5) is 18.9 Å². The molecule has 0 heterocycles. The van der Waals surface area contributed by atoms with E-state index in [-0.39, 0.29) is 21.4 Å². The minimum atomic E-state index is -4.55. The maximum absolute atomic E-state index is 12.8. The molecule has 0 aromatic heterocycles. The van der Waals surface area contributed by atoms with Crippen molar-refractivity contribution in [1.29, 1.82) is 0 Å². The number of carboxylic acids is 1. The number of thioether (sulfide) groups is 1. The number of nitrogens with zero attached hydrogens (tertiary/aromatic N) is 1. The summed E-state index contributed by atoms with van der Waals surface area (Å²) in [6.45, 7) is 0. The van der Waals surface area contributed by atoms with Crippen LogP contribution in [0.5, 0.6) is 0 Å². The van der Waals surface area contributed by atoms with Crippen LogP contribution in [-0.4, -0.2) is 27.9 Å². The molecule has 0 saturated carbocycles. The summed E-state index contributed by atoms with van der Waals surface area (Å²) in [5, 5.41) is 11.2. The summed E-state index contributed by atoms with van der Waals surface area (Å²) in [6.07, 6.45) is -4.55. The number of aliphatic imine (C=N–C) groups is 1. The average Bonchev–Trinajstić information content (AvgIpc) is 2.59. The van der Waals surface area contributed by atoms with Crippen molar-refractivity contribution in [2.45, 2.75) is 6.18 Å². The summed E-state index contributed by atoms with van der Waals surface area (Å²) >= 11 is 6.60. The number of carbonyl (C=O) groups is 2. The van der Waals surface area contributed by atoms with E-state index in [2.05, 4.69) is 10.3 Å². The number of nitrogens with one attached hydrogen (secondary N) is 1. The van der Waals surface area contributed by atoms with Gasteiger partial charge in [0.2, 0.25) is 0 Å². The summed E-state index contributed by atoms with van der Waals surface area (Å²) < 4.78 is 38.5. The summed E-state index contributed by atoms with van der Waals surface area (Å²) in [6, 6.07) is 10.3. The van der Waals surface area contributed by atoms with Gasteiger partial charge in [0.05, 0.1) is 27.6 Å². The smallest absolute Gasteiger partial charge is 0.416 e. The highest BCUT2D eigenvalue weighted by molar-refractivity contribution is 8.14. The molecule has 0 aliphatic carbocycles. The Bertz CT molecular complexity index is 888. The normalized spacial score (nSPS) is 11.9. The van der Waals surface area contributed by atoms with E-state index in [1.165, 1.54) is 18.2 Å². The first-order chi connectivity index (χ1) is 12.7. The number of amides is 1.